The van der Waals surface area contributed by atoms with Crippen LogP contribution in [-0.4, -0.2) is 16.2 Å². The van der Waals surface area contributed by atoms with Gasteiger partial charge >= 0.3 is 5.97 Å². The van der Waals surface area contributed by atoms with Crippen molar-refractivity contribution in [2.45, 2.75) is 19.3 Å². The molecule has 96 valence electrons. The Labute approximate surface area is 111 Å². The maximum atomic E-state index is 11.1. The summed E-state index contributed by atoms with van der Waals surface area (Å²) in [4.78, 5) is 11.1. The van der Waals surface area contributed by atoms with Crippen LogP contribution in [-0.2, 0) is 4.79 Å². The Morgan fingerprint density at radius 2 is 1.74 bits per heavy atom. The molecule has 0 spiro atoms. The number of aliphatic carboxylic acids is 1. The first-order chi connectivity index (χ1) is 9.06. The first kappa shape index (κ1) is 11.8. The van der Waals surface area contributed by atoms with Crippen LogP contribution in [0.25, 0.3) is 11.1 Å². The number of rotatable bonds is 2. The molecule has 3 heteroatoms. The molecule has 3 rings (SSSR count). The van der Waals surface area contributed by atoms with E-state index in [0.717, 1.165) is 27.8 Å². The molecule has 1 atom stereocenters. The maximum absolute atomic E-state index is 11.1. The maximum Gasteiger partial charge on any atom is 0.304 e. The highest BCUT2D eigenvalue weighted by Gasteiger charge is 2.30. The Balaban J connectivity index is 2.22. The summed E-state index contributed by atoms with van der Waals surface area (Å²) < 4.78 is 0. The number of hydrogen-bond acceptors (Lipinski definition) is 2. The Morgan fingerprint density at radius 1 is 1.11 bits per heavy atom. The molecular weight excluding hydrogens is 240 g/mol. The molecule has 3 nitrogen and oxygen atoms in total. The molecule has 1 unspecified atom stereocenters. The number of hydrogen-bond donors (Lipinski definition) is 2. The summed E-state index contributed by atoms with van der Waals surface area (Å²) in [7, 11) is 0. The summed E-state index contributed by atoms with van der Waals surface area (Å²) in [5.74, 6) is -0.818. The molecule has 0 radical (unpaired) electrons. The van der Waals surface area contributed by atoms with Gasteiger partial charge in [-0.3, -0.25) is 4.79 Å². The number of carboxylic acids is 1. The zero-order valence-corrected chi connectivity index (χ0v) is 10.6. The van der Waals surface area contributed by atoms with E-state index in [-0.39, 0.29) is 18.1 Å². The highest BCUT2D eigenvalue weighted by Crippen LogP contribution is 2.47. The van der Waals surface area contributed by atoms with Crippen molar-refractivity contribution in [1.29, 1.82) is 0 Å². The van der Waals surface area contributed by atoms with E-state index in [1.54, 1.807) is 12.1 Å². The van der Waals surface area contributed by atoms with Gasteiger partial charge in [0.05, 0.1) is 6.42 Å². The van der Waals surface area contributed by atoms with Gasteiger partial charge in [0, 0.05) is 5.92 Å². The molecule has 0 aromatic heterocycles. The lowest BCUT2D eigenvalue weighted by molar-refractivity contribution is -0.137. The van der Waals surface area contributed by atoms with Crippen LogP contribution >= 0.6 is 0 Å². The van der Waals surface area contributed by atoms with Crippen LogP contribution in [0, 0.1) is 6.92 Å². The summed E-state index contributed by atoms with van der Waals surface area (Å²) in [5, 5.41) is 18.7. The number of aromatic hydroxyl groups is 1. The van der Waals surface area contributed by atoms with Crippen molar-refractivity contribution >= 4 is 5.97 Å². The van der Waals surface area contributed by atoms with E-state index in [1.165, 1.54) is 0 Å². The highest BCUT2D eigenvalue weighted by molar-refractivity contribution is 5.82. The van der Waals surface area contributed by atoms with Crippen LogP contribution in [0.1, 0.15) is 29.0 Å². The lowest BCUT2D eigenvalue weighted by atomic mass is 9.93. The third-order valence-electron chi connectivity index (χ3n) is 3.66. The quantitative estimate of drug-likeness (QED) is 0.864. The molecule has 0 saturated heterocycles. The number of benzene rings is 2. The van der Waals surface area contributed by atoms with Gasteiger partial charge in [-0.2, -0.15) is 0 Å². The van der Waals surface area contributed by atoms with E-state index >= 15 is 0 Å². The van der Waals surface area contributed by atoms with Gasteiger partial charge in [0.1, 0.15) is 5.75 Å². The smallest absolute Gasteiger partial charge is 0.304 e. The second-order valence-corrected chi connectivity index (χ2v) is 5.01. The van der Waals surface area contributed by atoms with Gasteiger partial charge in [0.25, 0.3) is 0 Å². The molecule has 2 aromatic rings. The zero-order chi connectivity index (χ0) is 13.6. The van der Waals surface area contributed by atoms with Gasteiger partial charge < -0.3 is 10.2 Å². The number of phenolic OH excluding ortho intramolecular Hbond substituents is 1. The summed E-state index contributed by atoms with van der Waals surface area (Å²) in [6.45, 7) is 2.00. The molecule has 1 aliphatic carbocycles. The van der Waals surface area contributed by atoms with Crippen molar-refractivity contribution in [3.05, 3.63) is 53.1 Å². The van der Waals surface area contributed by atoms with Crippen LogP contribution in [0.3, 0.4) is 0 Å². The number of fused-ring (bicyclic) bond motifs is 3. The first-order valence-electron chi connectivity index (χ1n) is 6.22. The molecule has 0 aliphatic heterocycles. The Hall–Kier alpha value is -2.29. The summed E-state index contributed by atoms with van der Waals surface area (Å²) in [6.07, 6.45) is 0.0485. The van der Waals surface area contributed by atoms with Gasteiger partial charge in [-0.25, -0.2) is 0 Å². The van der Waals surface area contributed by atoms with Gasteiger partial charge in [0.2, 0.25) is 0 Å². The fraction of sp³-hybridized carbons (Fsp3) is 0.188. The lowest BCUT2D eigenvalue weighted by Crippen LogP contribution is -2.05. The summed E-state index contributed by atoms with van der Waals surface area (Å²) in [5.41, 5.74) is 5.17. The van der Waals surface area contributed by atoms with E-state index in [4.69, 9.17) is 5.11 Å². The molecule has 0 amide bonds. The monoisotopic (exact) mass is 254 g/mol. The van der Waals surface area contributed by atoms with Crippen LogP contribution in [0.15, 0.2) is 36.4 Å². The molecule has 19 heavy (non-hydrogen) atoms. The van der Waals surface area contributed by atoms with Crippen LogP contribution in [0.2, 0.25) is 0 Å². The molecular formula is C16H14O3. The Morgan fingerprint density at radius 3 is 2.42 bits per heavy atom. The van der Waals surface area contributed by atoms with Crippen molar-refractivity contribution in [2.75, 3.05) is 0 Å². The third-order valence-corrected chi connectivity index (χ3v) is 3.66. The molecule has 2 N–H and O–H groups in total. The van der Waals surface area contributed by atoms with Crippen LogP contribution in [0.5, 0.6) is 5.75 Å². The van der Waals surface area contributed by atoms with Crippen molar-refractivity contribution in [3.8, 4) is 16.9 Å². The van der Waals surface area contributed by atoms with Gasteiger partial charge in [-0.1, -0.05) is 29.8 Å². The fourth-order valence-electron chi connectivity index (χ4n) is 2.86. The predicted octanol–water partition coefficient (Wildman–Crippen LogP) is 3.29. The van der Waals surface area contributed by atoms with E-state index in [0.29, 0.717) is 0 Å². The molecule has 0 bridgehead atoms. The molecule has 1 aliphatic rings. The van der Waals surface area contributed by atoms with E-state index in [2.05, 4.69) is 0 Å². The Bertz CT molecular complexity index is 622. The van der Waals surface area contributed by atoms with Crippen LogP contribution in [0.4, 0.5) is 0 Å². The van der Waals surface area contributed by atoms with Gasteiger partial charge in [-0.05, 0) is 41.3 Å². The molecule has 0 saturated carbocycles. The average Bonchev–Trinajstić information content (AvgIpc) is 2.62. The van der Waals surface area contributed by atoms with E-state index < -0.39 is 5.97 Å². The summed E-state index contributed by atoms with van der Waals surface area (Å²) >= 11 is 0. The van der Waals surface area contributed by atoms with E-state index in [9.17, 15) is 9.90 Å². The predicted molar refractivity (Wildman–Crippen MR) is 72.4 cm³/mol. The van der Waals surface area contributed by atoms with Crippen molar-refractivity contribution < 1.29 is 15.0 Å². The SMILES string of the molecule is Cc1ccc2c(c1)C(CC(=O)O)c1cc(O)ccc1-2. The third kappa shape index (κ3) is 1.87. The molecule has 2 aromatic carbocycles. The average molecular weight is 254 g/mol. The van der Waals surface area contributed by atoms with Crippen molar-refractivity contribution in [1.82, 2.24) is 0 Å². The standard InChI is InChI=1S/C16H14O3/c1-9-2-4-11-12-5-3-10(17)7-14(12)15(8-16(18)19)13(11)6-9/h2-7,15,17H,8H2,1H3,(H,18,19). The van der Waals surface area contributed by atoms with Gasteiger partial charge in [-0.15, -0.1) is 0 Å². The number of carbonyl (C=O) groups is 1. The number of aryl methyl sites for hydroxylation is 1. The van der Waals surface area contributed by atoms with E-state index in [1.807, 2.05) is 31.2 Å². The topological polar surface area (TPSA) is 57.5 Å². The minimum atomic E-state index is -0.825. The first-order valence-corrected chi connectivity index (χ1v) is 6.22. The minimum Gasteiger partial charge on any atom is -0.508 e. The number of phenols is 1. The minimum absolute atomic E-state index is 0.0485. The highest BCUT2D eigenvalue weighted by atomic mass is 16.4. The zero-order valence-electron chi connectivity index (χ0n) is 10.6. The second-order valence-electron chi connectivity index (χ2n) is 5.01. The fourth-order valence-corrected chi connectivity index (χ4v) is 2.86. The van der Waals surface area contributed by atoms with Gasteiger partial charge in [0.15, 0.2) is 0 Å². The van der Waals surface area contributed by atoms with Crippen molar-refractivity contribution in [3.63, 3.8) is 0 Å². The molecule has 0 heterocycles. The lowest BCUT2D eigenvalue weighted by Gasteiger charge is -2.11. The largest absolute Gasteiger partial charge is 0.508 e. The van der Waals surface area contributed by atoms with Crippen molar-refractivity contribution in [2.24, 2.45) is 0 Å². The second kappa shape index (κ2) is 4.12. The number of carboxylic acid groups (broad SMARTS) is 1. The normalized spacial score (nSPS) is 15.9. The Kier molecular flexibility index (Phi) is 2.56. The molecule has 0 fully saturated rings. The van der Waals surface area contributed by atoms with Crippen LogP contribution < -0.4 is 0 Å². The summed E-state index contributed by atoms with van der Waals surface area (Å²) in [6, 6.07) is 11.3.